The Bertz CT molecular complexity index is 394. The van der Waals surface area contributed by atoms with Gasteiger partial charge in [-0.15, -0.1) is 13.2 Å². The summed E-state index contributed by atoms with van der Waals surface area (Å²) in [6.45, 7) is 14.5. The van der Waals surface area contributed by atoms with Gasteiger partial charge < -0.3 is 4.89 Å². The van der Waals surface area contributed by atoms with Crippen LogP contribution in [0.4, 0.5) is 0 Å². The van der Waals surface area contributed by atoms with E-state index in [4.69, 9.17) is 19.6 Å². The van der Waals surface area contributed by atoms with Gasteiger partial charge >= 0.3 is 0 Å². The molecule has 4 heteroatoms. The minimum atomic E-state index is -0.142. The Morgan fingerprint density at radius 1 is 0.733 bits per heavy atom. The lowest BCUT2D eigenvalue weighted by atomic mass is 10.1. The first kappa shape index (κ1) is 28.9. The van der Waals surface area contributed by atoms with Crippen molar-refractivity contribution >= 4 is 0 Å². The molecule has 0 aromatic carbocycles. The number of allylic oxidation sites excluding steroid dienone is 3. The van der Waals surface area contributed by atoms with Gasteiger partial charge in [-0.1, -0.05) is 77.0 Å². The fourth-order valence-electron chi connectivity index (χ4n) is 3.05. The zero-order valence-corrected chi connectivity index (χ0v) is 19.7. The van der Waals surface area contributed by atoms with Crippen LogP contribution in [0.1, 0.15) is 110 Å². The molecule has 30 heavy (non-hydrogen) atoms. The monoisotopic (exact) mass is 424 g/mol. The number of hydrogen-bond acceptors (Lipinski definition) is 4. The van der Waals surface area contributed by atoms with Gasteiger partial charge in [0, 0.05) is 6.42 Å². The third-order valence-corrected chi connectivity index (χ3v) is 5.09. The average Bonchev–Trinajstić information content (AvgIpc) is 2.76. The van der Waals surface area contributed by atoms with Gasteiger partial charge in [0.1, 0.15) is 18.5 Å². The Kier molecular flexibility index (Phi) is 23.3. The van der Waals surface area contributed by atoms with E-state index in [1.165, 1.54) is 64.2 Å². The zero-order valence-electron chi connectivity index (χ0n) is 19.7. The van der Waals surface area contributed by atoms with E-state index in [0.29, 0.717) is 19.0 Å². The molecule has 0 fully saturated rings. The van der Waals surface area contributed by atoms with Crippen molar-refractivity contribution in [3.63, 3.8) is 0 Å². The molecular weight excluding hydrogens is 376 g/mol. The van der Waals surface area contributed by atoms with Crippen LogP contribution in [-0.2, 0) is 19.6 Å². The lowest BCUT2D eigenvalue weighted by Gasteiger charge is -2.15. The van der Waals surface area contributed by atoms with Gasteiger partial charge in [-0.25, -0.2) is 9.78 Å². The van der Waals surface area contributed by atoms with E-state index >= 15 is 0 Å². The Hall–Kier alpha value is -1.10. The van der Waals surface area contributed by atoms with Crippen LogP contribution < -0.4 is 0 Å². The molecule has 0 bridgehead atoms. The van der Waals surface area contributed by atoms with E-state index < -0.39 is 0 Å². The lowest BCUT2D eigenvalue weighted by Crippen LogP contribution is -2.19. The van der Waals surface area contributed by atoms with Crippen LogP contribution in [0.2, 0.25) is 0 Å². The second-order valence-corrected chi connectivity index (χ2v) is 8.00. The van der Waals surface area contributed by atoms with Crippen LogP contribution in [0.5, 0.6) is 0 Å². The molecular formula is C26H48O4. The van der Waals surface area contributed by atoms with Gasteiger partial charge in [0.25, 0.3) is 0 Å². The summed E-state index contributed by atoms with van der Waals surface area (Å²) in [5.41, 5.74) is 0. The van der Waals surface area contributed by atoms with E-state index in [2.05, 4.69) is 19.7 Å². The van der Waals surface area contributed by atoms with Gasteiger partial charge in [0.2, 0.25) is 0 Å². The molecule has 4 nitrogen and oxygen atoms in total. The summed E-state index contributed by atoms with van der Waals surface area (Å²) < 4.78 is 0. The summed E-state index contributed by atoms with van der Waals surface area (Å²) in [4.78, 5) is 21.4. The van der Waals surface area contributed by atoms with Gasteiger partial charge in [-0.3, -0.25) is 0 Å². The zero-order chi connectivity index (χ0) is 22.1. The highest BCUT2D eigenvalue weighted by Gasteiger charge is 2.10. The summed E-state index contributed by atoms with van der Waals surface area (Å²) in [5, 5.41) is 0. The van der Waals surface area contributed by atoms with Crippen LogP contribution in [0.25, 0.3) is 0 Å². The molecule has 0 aliphatic heterocycles. The first-order valence-electron chi connectivity index (χ1n) is 12.2. The minimum absolute atomic E-state index is 0.142. The van der Waals surface area contributed by atoms with E-state index in [1.54, 1.807) is 0 Å². The maximum Gasteiger partial charge on any atom is 0.135 e. The number of rotatable bonds is 25. The molecule has 1 unspecified atom stereocenters. The van der Waals surface area contributed by atoms with E-state index in [9.17, 15) is 0 Å². The summed E-state index contributed by atoms with van der Waals surface area (Å²) in [6.07, 6.45) is 22.5. The maximum atomic E-state index is 5.44. The molecule has 0 saturated heterocycles. The molecule has 176 valence electrons. The second-order valence-electron chi connectivity index (χ2n) is 8.00. The molecule has 0 heterocycles. The first-order valence-corrected chi connectivity index (χ1v) is 12.2. The highest BCUT2D eigenvalue weighted by Crippen LogP contribution is 2.14. The Labute approximate surface area is 186 Å². The molecule has 0 N–H and O–H groups in total. The van der Waals surface area contributed by atoms with Crippen LogP contribution in [0.3, 0.4) is 0 Å². The first-order chi connectivity index (χ1) is 14.7. The van der Waals surface area contributed by atoms with Crippen molar-refractivity contribution in [1.82, 2.24) is 0 Å². The smallest absolute Gasteiger partial charge is 0.135 e. The highest BCUT2D eigenvalue weighted by atomic mass is 17.2. The predicted molar refractivity (Wildman–Crippen MR) is 127 cm³/mol. The van der Waals surface area contributed by atoms with Crippen molar-refractivity contribution in [1.29, 1.82) is 0 Å². The number of unbranched alkanes of at least 4 members (excludes halogenated alkanes) is 12. The van der Waals surface area contributed by atoms with E-state index in [-0.39, 0.29) is 6.10 Å². The predicted octanol–water partition coefficient (Wildman–Crippen LogP) is 8.40. The maximum absolute atomic E-state index is 5.44. The lowest BCUT2D eigenvalue weighted by molar-refractivity contribution is -0.353. The third-order valence-electron chi connectivity index (χ3n) is 5.09. The average molecular weight is 425 g/mol. The molecule has 0 aromatic heterocycles. The highest BCUT2D eigenvalue weighted by molar-refractivity contribution is 4.80. The molecule has 0 aliphatic carbocycles. The van der Waals surface area contributed by atoms with Gasteiger partial charge in [-0.05, 0) is 44.9 Å². The van der Waals surface area contributed by atoms with Gasteiger partial charge in [0.15, 0.2) is 0 Å². The topological polar surface area (TPSA) is 36.9 Å². The van der Waals surface area contributed by atoms with Crippen LogP contribution >= 0.6 is 0 Å². The Balaban J connectivity index is 3.45. The summed E-state index contributed by atoms with van der Waals surface area (Å²) in [7, 11) is 0. The second kappa shape index (κ2) is 24.2. The standard InChI is InChI=1S/C26H48O4/c1-5-8-10-12-14-15-17-19-21-23-27-28-24-26(7-3)30-29-25(4)22-20-18-16-13-11-9-6-2/h5-6,26H,1-2,4,7-24H2,3H3. The molecule has 0 amide bonds. The molecule has 0 radical (unpaired) electrons. The third kappa shape index (κ3) is 21.6. The van der Waals surface area contributed by atoms with Crippen LogP contribution in [-0.4, -0.2) is 19.3 Å². The fourth-order valence-corrected chi connectivity index (χ4v) is 3.05. The van der Waals surface area contributed by atoms with Gasteiger partial charge in [0.05, 0.1) is 6.61 Å². The van der Waals surface area contributed by atoms with Crippen molar-refractivity contribution < 1.29 is 19.6 Å². The van der Waals surface area contributed by atoms with Crippen molar-refractivity contribution in [2.45, 2.75) is 116 Å². The van der Waals surface area contributed by atoms with Crippen LogP contribution in [0, 0.1) is 0 Å². The SMILES string of the molecule is C=CCCCCCCCCCOOCC(CC)OOC(=C)CCCCCCCC=C. The molecule has 0 spiro atoms. The normalized spacial score (nSPS) is 11.9. The van der Waals surface area contributed by atoms with E-state index in [1.807, 2.05) is 19.1 Å². The minimum Gasteiger partial charge on any atom is -0.342 e. The molecule has 0 aliphatic rings. The molecule has 0 rings (SSSR count). The van der Waals surface area contributed by atoms with Gasteiger partial charge in [-0.2, -0.15) is 4.89 Å². The quantitative estimate of drug-likeness (QED) is 0.0484. The Morgan fingerprint density at radius 2 is 1.27 bits per heavy atom. The Morgan fingerprint density at radius 3 is 1.83 bits per heavy atom. The number of hydrogen-bond donors (Lipinski definition) is 0. The van der Waals surface area contributed by atoms with Crippen molar-refractivity contribution in [3.05, 3.63) is 37.6 Å². The van der Waals surface area contributed by atoms with Crippen molar-refractivity contribution in [3.8, 4) is 0 Å². The summed E-state index contributed by atoms with van der Waals surface area (Å²) in [5.74, 6) is 0.685. The van der Waals surface area contributed by atoms with E-state index in [0.717, 1.165) is 38.5 Å². The molecule has 0 aromatic rings. The summed E-state index contributed by atoms with van der Waals surface area (Å²) >= 11 is 0. The largest absolute Gasteiger partial charge is 0.342 e. The molecule has 1 atom stereocenters. The van der Waals surface area contributed by atoms with Crippen LogP contribution in [0.15, 0.2) is 37.6 Å². The molecule has 0 saturated carbocycles. The fraction of sp³-hybridized carbons (Fsp3) is 0.769. The van der Waals surface area contributed by atoms with Crippen molar-refractivity contribution in [2.24, 2.45) is 0 Å². The summed E-state index contributed by atoms with van der Waals surface area (Å²) in [6, 6.07) is 0. The van der Waals surface area contributed by atoms with Crippen molar-refractivity contribution in [2.75, 3.05) is 13.2 Å².